The van der Waals surface area contributed by atoms with Gasteiger partial charge in [-0.05, 0) is 42.0 Å². The lowest BCUT2D eigenvalue weighted by Gasteiger charge is -2.30. The third-order valence-corrected chi connectivity index (χ3v) is 4.53. The maximum Gasteiger partial charge on any atom is 0.319 e. The number of nitrogens with zero attached hydrogens (tertiary/aromatic N) is 1. The molecule has 7 heteroatoms. The van der Waals surface area contributed by atoms with Crippen LogP contribution in [-0.4, -0.2) is 32.3 Å². The second kappa shape index (κ2) is 7.67. The van der Waals surface area contributed by atoms with Crippen molar-refractivity contribution in [1.82, 2.24) is 5.32 Å². The van der Waals surface area contributed by atoms with Gasteiger partial charge < -0.3 is 24.7 Å². The highest BCUT2D eigenvalue weighted by atomic mass is 19.1. The Balaban J connectivity index is 1.42. The van der Waals surface area contributed by atoms with E-state index < -0.39 is 0 Å². The Bertz CT molecular complexity index is 951. The molecule has 2 amide bonds. The van der Waals surface area contributed by atoms with Gasteiger partial charge in [-0.3, -0.25) is 0 Å². The summed E-state index contributed by atoms with van der Waals surface area (Å²) < 4.78 is 24.4. The van der Waals surface area contributed by atoms with Gasteiger partial charge in [0.2, 0.25) is 0 Å². The Morgan fingerprint density at radius 2 is 1.96 bits per heavy atom. The van der Waals surface area contributed by atoms with Gasteiger partial charge >= 0.3 is 6.03 Å². The molecule has 3 aromatic rings. The van der Waals surface area contributed by atoms with E-state index in [1.54, 1.807) is 12.3 Å². The Labute approximate surface area is 155 Å². The van der Waals surface area contributed by atoms with Gasteiger partial charge in [0.1, 0.15) is 11.4 Å². The van der Waals surface area contributed by atoms with Crippen LogP contribution < -0.4 is 15.5 Å². The molecule has 0 bridgehead atoms. The van der Waals surface area contributed by atoms with E-state index in [1.807, 2.05) is 29.2 Å². The maximum atomic E-state index is 13.7. The van der Waals surface area contributed by atoms with Crippen LogP contribution in [0, 0.1) is 5.82 Å². The van der Waals surface area contributed by atoms with E-state index in [0.717, 1.165) is 16.5 Å². The lowest BCUT2D eigenvalue weighted by atomic mass is 10.1. The number of carbonyl (C=O) groups excluding carboxylic acids is 1. The number of urea groups is 1. The van der Waals surface area contributed by atoms with E-state index in [1.165, 1.54) is 12.1 Å². The van der Waals surface area contributed by atoms with Crippen molar-refractivity contribution in [2.45, 2.75) is 6.54 Å². The molecule has 0 saturated carbocycles. The molecule has 27 heavy (non-hydrogen) atoms. The summed E-state index contributed by atoms with van der Waals surface area (Å²) in [6, 6.07) is 11.6. The van der Waals surface area contributed by atoms with Gasteiger partial charge in [-0.2, -0.15) is 0 Å². The van der Waals surface area contributed by atoms with Crippen LogP contribution in [0.25, 0.3) is 11.0 Å². The molecule has 1 aliphatic heterocycles. The Kier molecular flexibility index (Phi) is 4.93. The summed E-state index contributed by atoms with van der Waals surface area (Å²) in [5.41, 5.74) is 3.01. The minimum Gasteiger partial charge on any atom is -0.464 e. The Hall–Kier alpha value is -3.06. The molecule has 2 aromatic carbocycles. The molecule has 0 aliphatic carbocycles. The van der Waals surface area contributed by atoms with Gasteiger partial charge in [-0.15, -0.1) is 0 Å². The molecule has 6 nitrogen and oxygen atoms in total. The van der Waals surface area contributed by atoms with E-state index in [-0.39, 0.29) is 11.8 Å². The average Bonchev–Trinajstić information content (AvgIpc) is 3.16. The van der Waals surface area contributed by atoms with Gasteiger partial charge in [0.15, 0.2) is 0 Å². The zero-order valence-corrected chi connectivity index (χ0v) is 14.7. The van der Waals surface area contributed by atoms with Crippen LogP contribution in [0.1, 0.15) is 5.56 Å². The molecule has 1 aliphatic rings. The first-order valence-electron chi connectivity index (χ1n) is 8.82. The second-order valence-corrected chi connectivity index (χ2v) is 6.36. The van der Waals surface area contributed by atoms with Crippen molar-refractivity contribution in [2.24, 2.45) is 0 Å². The number of carbonyl (C=O) groups is 1. The molecule has 0 unspecified atom stereocenters. The van der Waals surface area contributed by atoms with Crippen LogP contribution in [0.15, 0.2) is 53.1 Å². The van der Waals surface area contributed by atoms with Gasteiger partial charge in [0.25, 0.3) is 0 Å². The smallest absolute Gasteiger partial charge is 0.319 e. The van der Waals surface area contributed by atoms with Crippen molar-refractivity contribution in [3.8, 4) is 0 Å². The summed E-state index contributed by atoms with van der Waals surface area (Å²) >= 11 is 0. The van der Waals surface area contributed by atoms with Crippen LogP contribution in [0.4, 0.5) is 20.6 Å². The predicted octanol–water partition coefficient (Wildman–Crippen LogP) is 3.73. The summed E-state index contributed by atoms with van der Waals surface area (Å²) in [6.07, 6.45) is 1.64. The minimum absolute atomic E-state index is 0.337. The number of nitrogens with one attached hydrogen (secondary N) is 2. The fourth-order valence-electron chi connectivity index (χ4n) is 3.15. The van der Waals surface area contributed by atoms with E-state index in [9.17, 15) is 9.18 Å². The molecule has 140 valence electrons. The maximum absolute atomic E-state index is 13.7. The second-order valence-electron chi connectivity index (χ2n) is 6.36. The number of halogens is 1. The highest BCUT2D eigenvalue weighted by Crippen LogP contribution is 2.27. The largest absolute Gasteiger partial charge is 0.464 e. The molecular formula is C20H20FN3O3. The average molecular weight is 369 g/mol. The Morgan fingerprint density at radius 3 is 2.81 bits per heavy atom. The van der Waals surface area contributed by atoms with E-state index in [0.29, 0.717) is 44.2 Å². The fraction of sp³-hybridized carbons (Fsp3) is 0.250. The van der Waals surface area contributed by atoms with Crippen LogP contribution in [0.2, 0.25) is 0 Å². The Morgan fingerprint density at radius 1 is 1.11 bits per heavy atom. The van der Waals surface area contributed by atoms with Crippen molar-refractivity contribution in [1.29, 1.82) is 0 Å². The first kappa shape index (κ1) is 17.4. The van der Waals surface area contributed by atoms with E-state index in [4.69, 9.17) is 9.15 Å². The number of fused-ring (bicyclic) bond motifs is 1. The molecule has 1 fully saturated rings. The highest BCUT2D eigenvalue weighted by molar-refractivity contribution is 5.93. The third-order valence-electron chi connectivity index (χ3n) is 4.53. The number of rotatable bonds is 4. The van der Waals surface area contributed by atoms with Crippen LogP contribution >= 0.6 is 0 Å². The summed E-state index contributed by atoms with van der Waals surface area (Å²) in [7, 11) is 0. The zero-order chi connectivity index (χ0) is 18.6. The zero-order valence-electron chi connectivity index (χ0n) is 14.7. The van der Waals surface area contributed by atoms with Crippen molar-refractivity contribution >= 4 is 28.4 Å². The fourth-order valence-corrected chi connectivity index (χ4v) is 3.15. The van der Waals surface area contributed by atoms with Crippen LogP contribution in [0.3, 0.4) is 0 Å². The van der Waals surface area contributed by atoms with Crippen LogP contribution in [0.5, 0.6) is 0 Å². The molecule has 1 saturated heterocycles. The first-order valence-corrected chi connectivity index (χ1v) is 8.82. The summed E-state index contributed by atoms with van der Waals surface area (Å²) in [6.45, 7) is 2.85. The van der Waals surface area contributed by atoms with E-state index in [2.05, 4.69) is 10.6 Å². The monoisotopic (exact) mass is 369 g/mol. The number of amides is 2. The quantitative estimate of drug-likeness (QED) is 0.735. The number of furan rings is 1. The molecule has 1 aromatic heterocycles. The predicted molar refractivity (Wildman–Crippen MR) is 102 cm³/mol. The van der Waals surface area contributed by atoms with Gasteiger partial charge in [0, 0.05) is 25.0 Å². The number of benzene rings is 2. The van der Waals surface area contributed by atoms with Gasteiger partial charge in [-0.25, -0.2) is 9.18 Å². The normalized spacial score (nSPS) is 14.3. The van der Waals surface area contributed by atoms with Crippen LogP contribution in [-0.2, 0) is 11.3 Å². The van der Waals surface area contributed by atoms with Crippen molar-refractivity contribution in [2.75, 3.05) is 36.5 Å². The molecule has 0 atom stereocenters. The summed E-state index contributed by atoms with van der Waals surface area (Å²) in [5.74, 6) is -0.337. The molecular weight excluding hydrogens is 349 g/mol. The summed E-state index contributed by atoms with van der Waals surface area (Å²) in [5, 5.41) is 6.64. The van der Waals surface area contributed by atoms with Gasteiger partial charge in [0.05, 0.1) is 30.9 Å². The third kappa shape index (κ3) is 4.03. The molecule has 4 rings (SSSR count). The minimum atomic E-state index is -0.344. The SMILES string of the molecule is O=C(NCc1ccc2occc2c1)Nc1ccc(F)cc1N1CCOCC1. The number of anilines is 2. The number of ether oxygens (including phenoxy) is 1. The standard InChI is InChI=1S/C20H20FN3O3/c21-16-2-3-17(18(12-16)24-6-9-26-10-7-24)23-20(25)22-13-14-1-4-19-15(11-14)5-8-27-19/h1-5,8,11-12H,6-7,9-10,13H2,(H2,22,23,25). The van der Waals surface area contributed by atoms with Crippen molar-refractivity contribution in [3.63, 3.8) is 0 Å². The van der Waals surface area contributed by atoms with Crippen molar-refractivity contribution in [3.05, 3.63) is 60.1 Å². The number of hydrogen-bond acceptors (Lipinski definition) is 4. The lowest BCUT2D eigenvalue weighted by Crippen LogP contribution is -2.37. The molecule has 2 N–H and O–H groups in total. The first-order chi connectivity index (χ1) is 13.2. The van der Waals surface area contributed by atoms with Crippen molar-refractivity contribution < 1.29 is 18.3 Å². The lowest BCUT2D eigenvalue weighted by molar-refractivity contribution is 0.122. The topological polar surface area (TPSA) is 66.7 Å². The van der Waals surface area contributed by atoms with Gasteiger partial charge in [-0.1, -0.05) is 6.07 Å². The number of morpholine rings is 1. The van der Waals surface area contributed by atoms with E-state index >= 15 is 0 Å². The summed E-state index contributed by atoms with van der Waals surface area (Å²) in [4.78, 5) is 14.4. The molecule has 0 radical (unpaired) electrons. The highest BCUT2D eigenvalue weighted by Gasteiger charge is 2.17. The molecule has 2 heterocycles. The molecule has 0 spiro atoms. The number of hydrogen-bond donors (Lipinski definition) is 2.